The molecule has 0 spiro atoms. The third-order valence-electron chi connectivity index (χ3n) is 5.83. The van der Waals surface area contributed by atoms with E-state index in [1.807, 2.05) is 18.2 Å². The van der Waals surface area contributed by atoms with E-state index in [-0.39, 0.29) is 29.0 Å². The average molecular weight is 456 g/mol. The normalized spacial score (nSPS) is 18.8. The van der Waals surface area contributed by atoms with Gasteiger partial charge in [-0.2, -0.15) is 0 Å². The third-order valence-corrected chi connectivity index (χ3v) is 6.17. The maximum atomic E-state index is 14.0. The van der Waals surface area contributed by atoms with Crippen LogP contribution < -0.4 is 15.5 Å². The van der Waals surface area contributed by atoms with Crippen LogP contribution in [0.3, 0.4) is 0 Å². The highest BCUT2D eigenvalue weighted by molar-refractivity contribution is 7.80. The second-order valence-electron chi connectivity index (χ2n) is 7.82. The number of halogens is 1. The Hall–Kier alpha value is -3.20. The Bertz CT molecular complexity index is 981. The molecule has 168 valence electrons. The van der Waals surface area contributed by atoms with Gasteiger partial charge in [0.1, 0.15) is 11.9 Å². The number of hydrogen-bond donors (Lipinski definition) is 2. The molecule has 2 N–H and O–H groups in total. The second kappa shape index (κ2) is 9.95. The van der Waals surface area contributed by atoms with Crippen LogP contribution in [0.25, 0.3) is 0 Å². The molecule has 2 heterocycles. The minimum absolute atomic E-state index is 0.0241. The summed E-state index contributed by atoms with van der Waals surface area (Å²) in [6.07, 6.45) is 0.0241. The summed E-state index contributed by atoms with van der Waals surface area (Å²) in [6.45, 7) is 3.54. The van der Waals surface area contributed by atoms with Crippen molar-refractivity contribution in [2.24, 2.45) is 0 Å². The average Bonchev–Trinajstić information content (AvgIpc) is 2.82. The molecule has 2 fully saturated rings. The molecule has 2 saturated heterocycles. The van der Waals surface area contributed by atoms with E-state index in [9.17, 15) is 14.0 Å². The van der Waals surface area contributed by atoms with E-state index in [0.717, 1.165) is 18.8 Å². The van der Waals surface area contributed by atoms with E-state index in [2.05, 4.69) is 27.7 Å². The van der Waals surface area contributed by atoms with Crippen LogP contribution in [0.15, 0.2) is 54.6 Å². The Morgan fingerprint density at radius 1 is 1.03 bits per heavy atom. The maximum absolute atomic E-state index is 14.0. The van der Waals surface area contributed by atoms with Crippen molar-refractivity contribution in [2.75, 3.05) is 49.5 Å². The van der Waals surface area contributed by atoms with Crippen molar-refractivity contribution in [1.29, 1.82) is 0 Å². The van der Waals surface area contributed by atoms with Gasteiger partial charge in [0, 0.05) is 45.0 Å². The van der Waals surface area contributed by atoms with Gasteiger partial charge in [0.15, 0.2) is 5.11 Å². The van der Waals surface area contributed by atoms with Crippen LogP contribution in [-0.2, 0) is 9.59 Å². The van der Waals surface area contributed by atoms with Gasteiger partial charge in [-0.1, -0.05) is 30.3 Å². The number of nitrogens with one attached hydrogen (secondary N) is 2. The van der Waals surface area contributed by atoms with Gasteiger partial charge in [0.25, 0.3) is 0 Å². The summed E-state index contributed by atoms with van der Waals surface area (Å²) in [5.74, 6) is -0.760. The summed E-state index contributed by atoms with van der Waals surface area (Å²) in [5.41, 5.74) is 1.38. The Kier molecular flexibility index (Phi) is 6.84. The Morgan fingerprint density at radius 2 is 1.72 bits per heavy atom. The molecule has 0 unspecified atom stereocenters. The number of piperazine rings is 2. The van der Waals surface area contributed by atoms with Crippen LogP contribution in [0.5, 0.6) is 0 Å². The predicted molar refractivity (Wildman–Crippen MR) is 126 cm³/mol. The third kappa shape index (κ3) is 4.99. The lowest BCUT2D eigenvalue weighted by Crippen LogP contribution is -2.60. The van der Waals surface area contributed by atoms with E-state index in [1.165, 1.54) is 6.07 Å². The van der Waals surface area contributed by atoms with Crippen molar-refractivity contribution in [2.45, 2.75) is 12.5 Å². The van der Waals surface area contributed by atoms with Gasteiger partial charge in [-0.15, -0.1) is 0 Å². The molecule has 2 aliphatic heterocycles. The molecule has 2 aromatic carbocycles. The van der Waals surface area contributed by atoms with Gasteiger partial charge in [-0.25, -0.2) is 4.39 Å². The summed E-state index contributed by atoms with van der Waals surface area (Å²) in [6, 6.07) is 15.6. The fourth-order valence-corrected chi connectivity index (χ4v) is 4.39. The van der Waals surface area contributed by atoms with Gasteiger partial charge in [-0.3, -0.25) is 9.59 Å². The highest BCUT2D eigenvalue weighted by atomic mass is 32.1. The van der Waals surface area contributed by atoms with Gasteiger partial charge in [0.2, 0.25) is 11.8 Å². The largest absolute Gasteiger partial charge is 0.368 e. The minimum atomic E-state index is -0.727. The number of rotatable bonds is 4. The summed E-state index contributed by atoms with van der Waals surface area (Å²) in [4.78, 5) is 31.3. The van der Waals surface area contributed by atoms with E-state index < -0.39 is 11.9 Å². The number of thiocarbonyl (C=S) groups is 1. The number of benzene rings is 2. The SMILES string of the molecule is O=C1NCCN(C(=S)Nc2ccccc2F)[C@H]1CC(=O)N1CCN(c2ccccc2)CC1. The molecule has 2 amide bonds. The first-order valence-electron chi connectivity index (χ1n) is 10.7. The number of amides is 2. The lowest BCUT2D eigenvalue weighted by atomic mass is 10.1. The molecule has 2 aromatic rings. The van der Waals surface area contributed by atoms with Crippen molar-refractivity contribution in [3.8, 4) is 0 Å². The topological polar surface area (TPSA) is 67.9 Å². The van der Waals surface area contributed by atoms with E-state index >= 15 is 0 Å². The zero-order valence-corrected chi connectivity index (χ0v) is 18.5. The molecule has 9 heteroatoms. The zero-order chi connectivity index (χ0) is 22.5. The number of hydrogen-bond acceptors (Lipinski definition) is 4. The molecule has 2 aliphatic rings. The quantitative estimate of drug-likeness (QED) is 0.688. The molecule has 32 heavy (non-hydrogen) atoms. The Labute approximate surface area is 192 Å². The molecule has 0 aromatic heterocycles. The molecule has 0 bridgehead atoms. The van der Waals surface area contributed by atoms with Crippen LogP contribution in [-0.4, -0.2) is 72.0 Å². The molecular formula is C23H26FN5O2S. The van der Waals surface area contributed by atoms with Gasteiger partial charge < -0.3 is 25.3 Å². The summed E-state index contributed by atoms with van der Waals surface area (Å²) < 4.78 is 14.0. The second-order valence-corrected chi connectivity index (χ2v) is 8.20. The van der Waals surface area contributed by atoms with E-state index in [4.69, 9.17) is 12.2 Å². The van der Waals surface area contributed by atoms with E-state index in [0.29, 0.717) is 26.2 Å². The van der Waals surface area contributed by atoms with Crippen LogP contribution in [0.1, 0.15) is 6.42 Å². The fourth-order valence-electron chi connectivity index (χ4n) is 4.06. The van der Waals surface area contributed by atoms with E-state index in [1.54, 1.807) is 28.0 Å². The van der Waals surface area contributed by atoms with Gasteiger partial charge in [0.05, 0.1) is 12.1 Å². The number of nitrogens with zero attached hydrogens (tertiary/aromatic N) is 3. The molecule has 0 radical (unpaired) electrons. The molecule has 4 rings (SSSR count). The first-order valence-corrected chi connectivity index (χ1v) is 11.1. The lowest BCUT2D eigenvalue weighted by molar-refractivity contribution is -0.137. The van der Waals surface area contributed by atoms with Crippen molar-refractivity contribution in [3.05, 3.63) is 60.4 Å². The standard InChI is InChI=1S/C23H26FN5O2S/c24-18-8-4-5-9-19(18)26-23(32)29-11-10-25-22(31)20(29)16-21(30)28-14-12-27(13-15-28)17-6-2-1-3-7-17/h1-9,20H,10-16H2,(H,25,31)(H,26,32)/t20-/m0/s1. The van der Waals surface area contributed by atoms with Crippen LogP contribution >= 0.6 is 12.2 Å². The van der Waals surface area contributed by atoms with Crippen molar-refractivity contribution in [3.63, 3.8) is 0 Å². The van der Waals surface area contributed by atoms with Crippen molar-refractivity contribution in [1.82, 2.24) is 15.1 Å². The smallest absolute Gasteiger partial charge is 0.243 e. The Morgan fingerprint density at radius 3 is 2.44 bits per heavy atom. The van der Waals surface area contributed by atoms with Crippen LogP contribution in [0.2, 0.25) is 0 Å². The highest BCUT2D eigenvalue weighted by Gasteiger charge is 2.35. The number of carbonyl (C=O) groups excluding carboxylic acids is 2. The first kappa shape index (κ1) is 22.0. The van der Waals surface area contributed by atoms with Crippen molar-refractivity contribution >= 4 is 40.5 Å². The van der Waals surface area contributed by atoms with Gasteiger partial charge in [-0.05, 0) is 36.5 Å². The van der Waals surface area contributed by atoms with Gasteiger partial charge >= 0.3 is 0 Å². The fraction of sp³-hybridized carbons (Fsp3) is 0.348. The summed E-state index contributed by atoms with van der Waals surface area (Å²) in [7, 11) is 0. The maximum Gasteiger partial charge on any atom is 0.243 e. The predicted octanol–water partition coefficient (Wildman–Crippen LogP) is 2.06. The molecule has 7 nitrogen and oxygen atoms in total. The zero-order valence-electron chi connectivity index (χ0n) is 17.7. The van der Waals surface area contributed by atoms with Crippen LogP contribution in [0.4, 0.5) is 15.8 Å². The summed E-state index contributed by atoms with van der Waals surface area (Å²) >= 11 is 5.46. The highest BCUT2D eigenvalue weighted by Crippen LogP contribution is 2.19. The molecule has 0 aliphatic carbocycles. The van der Waals surface area contributed by atoms with Crippen molar-refractivity contribution < 1.29 is 14.0 Å². The molecule has 0 saturated carbocycles. The number of carbonyl (C=O) groups is 2. The van der Waals surface area contributed by atoms with Crippen LogP contribution in [0, 0.1) is 5.82 Å². The molecular weight excluding hydrogens is 429 g/mol. The molecule has 1 atom stereocenters. The monoisotopic (exact) mass is 455 g/mol. The minimum Gasteiger partial charge on any atom is -0.368 e. The lowest BCUT2D eigenvalue weighted by Gasteiger charge is -2.39. The Balaban J connectivity index is 1.37. The first-order chi connectivity index (χ1) is 15.5. The number of anilines is 2. The number of para-hydroxylation sites is 2. The summed E-state index contributed by atoms with van der Waals surface area (Å²) in [5, 5.41) is 5.92.